The van der Waals surface area contributed by atoms with Gasteiger partial charge in [-0.25, -0.2) is 4.98 Å². The lowest BCUT2D eigenvalue weighted by molar-refractivity contribution is 0.102. The van der Waals surface area contributed by atoms with Crippen LogP contribution in [0.3, 0.4) is 0 Å². The summed E-state index contributed by atoms with van der Waals surface area (Å²) in [6, 6.07) is 21.2. The highest BCUT2D eigenvalue weighted by atomic mass is 35.5. The van der Waals surface area contributed by atoms with Gasteiger partial charge in [-0.3, -0.25) is 4.79 Å². The van der Waals surface area contributed by atoms with Crippen molar-refractivity contribution < 1.29 is 4.79 Å². The van der Waals surface area contributed by atoms with Crippen LogP contribution in [0, 0.1) is 0 Å². The van der Waals surface area contributed by atoms with Crippen LogP contribution in [-0.4, -0.2) is 10.9 Å². The second kappa shape index (κ2) is 7.07. The molecule has 0 saturated carbocycles. The van der Waals surface area contributed by atoms with Gasteiger partial charge >= 0.3 is 0 Å². The number of carbonyl (C=O) groups is 1. The highest BCUT2D eigenvalue weighted by molar-refractivity contribution is 6.33. The van der Waals surface area contributed by atoms with Crippen molar-refractivity contribution in [1.82, 2.24) is 4.98 Å². The van der Waals surface area contributed by atoms with Crippen LogP contribution >= 0.6 is 11.6 Å². The van der Waals surface area contributed by atoms with Gasteiger partial charge in [0.15, 0.2) is 0 Å². The minimum atomic E-state index is -0.261. The number of amides is 1. The number of hydrogen-bond donors (Lipinski definition) is 1. The van der Waals surface area contributed by atoms with E-state index in [1.807, 2.05) is 42.5 Å². The molecule has 0 atom stereocenters. The number of anilines is 1. The lowest BCUT2D eigenvalue weighted by Crippen LogP contribution is -2.14. The first-order valence-electron chi connectivity index (χ1n) is 7.28. The highest BCUT2D eigenvalue weighted by Gasteiger charge is 2.12. The molecule has 0 aliphatic rings. The Balaban J connectivity index is 1.84. The number of benzene rings is 2. The van der Waals surface area contributed by atoms with Gasteiger partial charge in [-0.05, 0) is 35.7 Å². The lowest BCUT2D eigenvalue weighted by Gasteiger charge is -2.11. The number of halogens is 1. The van der Waals surface area contributed by atoms with Crippen molar-refractivity contribution in [3.63, 3.8) is 0 Å². The molecule has 1 N–H and O–H groups in total. The molecule has 0 fully saturated rings. The number of hydrogen-bond acceptors (Lipinski definition) is 2. The molecule has 0 radical (unpaired) electrons. The zero-order valence-corrected chi connectivity index (χ0v) is 13.1. The molecular weight excluding hydrogens is 308 g/mol. The van der Waals surface area contributed by atoms with Gasteiger partial charge < -0.3 is 5.32 Å². The third-order valence-corrected chi connectivity index (χ3v) is 3.81. The van der Waals surface area contributed by atoms with Crippen molar-refractivity contribution in [1.29, 1.82) is 0 Å². The smallest absolute Gasteiger partial charge is 0.258 e. The molecule has 4 heteroatoms. The second-order valence-corrected chi connectivity index (χ2v) is 5.47. The molecule has 114 valence electrons. The molecule has 2 aromatic carbocycles. The number of pyridine rings is 1. The number of nitrogens with zero attached hydrogens (tertiary/aromatic N) is 1. The fraction of sp³-hybridized carbons (Fsp3) is 0.0526. The average Bonchev–Trinajstić information content (AvgIpc) is 2.58. The Morgan fingerprint density at radius 1 is 0.957 bits per heavy atom. The van der Waals surface area contributed by atoms with Gasteiger partial charge in [0, 0.05) is 11.9 Å². The molecule has 23 heavy (non-hydrogen) atoms. The van der Waals surface area contributed by atoms with Gasteiger partial charge in [-0.15, -0.1) is 0 Å². The van der Waals surface area contributed by atoms with Crippen LogP contribution < -0.4 is 5.32 Å². The Bertz CT molecular complexity index is 818. The van der Waals surface area contributed by atoms with E-state index in [-0.39, 0.29) is 11.1 Å². The molecule has 0 unspecified atom stereocenters. The zero-order valence-electron chi connectivity index (χ0n) is 12.4. The number of nitrogens with one attached hydrogen (secondary N) is 1. The average molecular weight is 323 g/mol. The van der Waals surface area contributed by atoms with Crippen molar-refractivity contribution in [2.24, 2.45) is 0 Å². The fourth-order valence-electron chi connectivity index (χ4n) is 2.36. The zero-order chi connectivity index (χ0) is 16.1. The van der Waals surface area contributed by atoms with Crippen LogP contribution in [0.15, 0.2) is 72.9 Å². The van der Waals surface area contributed by atoms with E-state index in [2.05, 4.69) is 22.4 Å². The molecule has 0 saturated heterocycles. The molecule has 1 amide bonds. The van der Waals surface area contributed by atoms with Crippen molar-refractivity contribution in [3.05, 3.63) is 94.8 Å². The summed E-state index contributed by atoms with van der Waals surface area (Å²) in [7, 11) is 0. The number of aromatic nitrogens is 1. The molecule has 0 bridgehead atoms. The first-order valence-corrected chi connectivity index (χ1v) is 7.65. The topological polar surface area (TPSA) is 42.0 Å². The summed E-state index contributed by atoms with van der Waals surface area (Å²) in [4.78, 5) is 16.3. The van der Waals surface area contributed by atoms with E-state index in [1.165, 1.54) is 5.56 Å². The van der Waals surface area contributed by atoms with Crippen molar-refractivity contribution in [2.45, 2.75) is 6.42 Å². The van der Waals surface area contributed by atoms with Crippen LogP contribution in [0.5, 0.6) is 0 Å². The Kier molecular flexibility index (Phi) is 4.69. The van der Waals surface area contributed by atoms with E-state index in [0.717, 1.165) is 17.7 Å². The quantitative estimate of drug-likeness (QED) is 0.714. The van der Waals surface area contributed by atoms with E-state index in [4.69, 9.17) is 11.6 Å². The predicted octanol–water partition coefficient (Wildman–Crippen LogP) is 4.58. The summed E-state index contributed by atoms with van der Waals surface area (Å²) in [6.45, 7) is 0. The van der Waals surface area contributed by atoms with Crippen LogP contribution in [0.1, 0.15) is 21.5 Å². The van der Waals surface area contributed by atoms with Crippen LogP contribution in [-0.2, 0) is 6.42 Å². The largest absolute Gasteiger partial charge is 0.322 e. The monoisotopic (exact) mass is 322 g/mol. The third kappa shape index (κ3) is 3.76. The highest BCUT2D eigenvalue weighted by Crippen LogP contribution is 2.21. The lowest BCUT2D eigenvalue weighted by atomic mass is 10.0. The molecule has 0 aliphatic heterocycles. The van der Waals surface area contributed by atoms with Gasteiger partial charge in [-0.2, -0.15) is 0 Å². The maximum atomic E-state index is 12.4. The summed E-state index contributed by atoms with van der Waals surface area (Å²) < 4.78 is 0. The first-order chi connectivity index (χ1) is 11.2. The molecule has 3 aromatic rings. The fourth-order valence-corrected chi connectivity index (χ4v) is 2.56. The van der Waals surface area contributed by atoms with Crippen molar-refractivity contribution in [2.75, 3.05) is 5.32 Å². The molecule has 3 nitrogen and oxygen atoms in total. The Hall–Kier alpha value is -2.65. The van der Waals surface area contributed by atoms with Crippen LogP contribution in [0.4, 0.5) is 5.69 Å². The van der Waals surface area contributed by atoms with E-state index in [1.54, 1.807) is 18.3 Å². The van der Waals surface area contributed by atoms with Gasteiger partial charge in [0.2, 0.25) is 0 Å². The summed E-state index contributed by atoms with van der Waals surface area (Å²) in [5, 5.41) is 3.12. The van der Waals surface area contributed by atoms with Gasteiger partial charge in [0.05, 0.1) is 5.56 Å². The summed E-state index contributed by atoms with van der Waals surface area (Å²) >= 11 is 5.98. The Morgan fingerprint density at radius 3 is 2.48 bits per heavy atom. The van der Waals surface area contributed by atoms with Gasteiger partial charge in [-0.1, -0.05) is 60.1 Å². The van der Waals surface area contributed by atoms with Gasteiger partial charge in [0.1, 0.15) is 5.15 Å². The SMILES string of the molecule is O=C(Nc1ccccc1Cc1ccccc1)c1cccnc1Cl. The second-order valence-electron chi connectivity index (χ2n) is 5.12. The summed E-state index contributed by atoms with van der Waals surface area (Å²) in [5.74, 6) is -0.261. The minimum Gasteiger partial charge on any atom is -0.322 e. The maximum Gasteiger partial charge on any atom is 0.258 e. The first kappa shape index (κ1) is 15.3. The predicted molar refractivity (Wildman–Crippen MR) is 92.9 cm³/mol. The Morgan fingerprint density at radius 2 is 1.70 bits per heavy atom. The van der Waals surface area contributed by atoms with Crippen molar-refractivity contribution >= 4 is 23.2 Å². The molecule has 0 spiro atoms. The Labute approximate surface area is 140 Å². The number of carbonyl (C=O) groups excluding carboxylic acids is 1. The summed E-state index contributed by atoms with van der Waals surface area (Å²) in [6.07, 6.45) is 2.31. The summed E-state index contributed by atoms with van der Waals surface area (Å²) in [5.41, 5.74) is 3.38. The van der Waals surface area contributed by atoms with Crippen LogP contribution in [0.2, 0.25) is 5.15 Å². The maximum absolute atomic E-state index is 12.4. The molecule has 1 heterocycles. The van der Waals surface area contributed by atoms with E-state index < -0.39 is 0 Å². The third-order valence-electron chi connectivity index (χ3n) is 3.51. The number of para-hydroxylation sites is 1. The minimum absolute atomic E-state index is 0.200. The standard InChI is InChI=1S/C19H15ClN2O/c20-18-16(10-6-12-21-18)19(23)22-17-11-5-4-9-15(17)13-14-7-2-1-3-8-14/h1-12H,13H2,(H,22,23). The van der Waals surface area contributed by atoms with Crippen molar-refractivity contribution in [3.8, 4) is 0 Å². The van der Waals surface area contributed by atoms with E-state index >= 15 is 0 Å². The van der Waals surface area contributed by atoms with E-state index in [0.29, 0.717) is 5.56 Å². The molecule has 3 rings (SSSR count). The molecule has 1 aromatic heterocycles. The number of rotatable bonds is 4. The van der Waals surface area contributed by atoms with E-state index in [9.17, 15) is 4.79 Å². The molecule has 0 aliphatic carbocycles. The molecular formula is C19H15ClN2O. The van der Waals surface area contributed by atoms with Gasteiger partial charge in [0.25, 0.3) is 5.91 Å². The normalized spacial score (nSPS) is 10.3. The van der Waals surface area contributed by atoms with Crippen LogP contribution in [0.25, 0.3) is 0 Å².